The zero-order valence-electron chi connectivity index (χ0n) is 13.5. The average molecular weight is 316 g/mol. The third-order valence-electron chi connectivity index (χ3n) is 3.47. The molecule has 0 bridgehead atoms. The molecule has 1 aromatic rings. The molecule has 21 heavy (non-hydrogen) atoms. The molecule has 0 aliphatic heterocycles. The van der Waals surface area contributed by atoms with Crippen molar-refractivity contribution in [2.45, 2.75) is 58.0 Å². The van der Waals surface area contributed by atoms with Crippen LogP contribution in [0.15, 0.2) is 17.3 Å². The van der Waals surface area contributed by atoms with Gasteiger partial charge in [-0.05, 0) is 18.8 Å². The van der Waals surface area contributed by atoms with Crippen LogP contribution in [0.2, 0.25) is 0 Å². The van der Waals surface area contributed by atoms with E-state index in [9.17, 15) is 8.42 Å². The predicted molar refractivity (Wildman–Crippen MR) is 84.4 cm³/mol. The number of rotatable bonds is 9. The van der Waals surface area contributed by atoms with Crippen molar-refractivity contribution in [2.75, 3.05) is 13.1 Å². The van der Waals surface area contributed by atoms with E-state index in [1.165, 1.54) is 6.20 Å². The zero-order valence-corrected chi connectivity index (χ0v) is 14.3. The summed E-state index contributed by atoms with van der Waals surface area (Å²) in [6.07, 6.45) is 4.59. The van der Waals surface area contributed by atoms with E-state index in [0.717, 1.165) is 12.8 Å². The molecule has 0 saturated carbocycles. The maximum atomic E-state index is 12.9. The quantitative estimate of drug-likeness (QED) is 0.751. The first kappa shape index (κ1) is 18.1. The van der Waals surface area contributed by atoms with Gasteiger partial charge in [0, 0.05) is 25.3 Å². The summed E-state index contributed by atoms with van der Waals surface area (Å²) in [6.45, 7) is 9.58. The molecule has 0 radical (unpaired) electrons. The van der Waals surface area contributed by atoms with Crippen molar-refractivity contribution in [1.29, 1.82) is 0 Å². The van der Waals surface area contributed by atoms with Gasteiger partial charge in [0.25, 0.3) is 0 Å². The first-order valence-corrected chi connectivity index (χ1v) is 9.05. The summed E-state index contributed by atoms with van der Waals surface area (Å²) < 4.78 is 29.0. The van der Waals surface area contributed by atoms with Crippen molar-refractivity contribution in [3.05, 3.63) is 12.4 Å². The lowest BCUT2D eigenvalue weighted by atomic mass is 10.1. The fourth-order valence-corrected chi connectivity index (χ4v) is 4.26. The van der Waals surface area contributed by atoms with E-state index < -0.39 is 10.0 Å². The third kappa shape index (κ3) is 4.52. The summed E-state index contributed by atoms with van der Waals surface area (Å²) in [7, 11) is -3.51. The molecular formula is C14H28N4O2S. The van der Waals surface area contributed by atoms with E-state index >= 15 is 0 Å². The van der Waals surface area contributed by atoms with Gasteiger partial charge < -0.3 is 5.73 Å². The molecule has 0 aliphatic rings. The molecule has 0 amide bonds. The minimum absolute atomic E-state index is 0.0234. The van der Waals surface area contributed by atoms with Crippen molar-refractivity contribution >= 4 is 10.0 Å². The lowest BCUT2D eigenvalue weighted by molar-refractivity contribution is 0.277. The van der Waals surface area contributed by atoms with Gasteiger partial charge in [0.05, 0.1) is 12.7 Å². The summed E-state index contributed by atoms with van der Waals surface area (Å²) in [5.74, 6) is 0.277. The Balaban J connectivity index is 3.12. The van der Waals surface area contributed by atoms with Crippen LogP contribution in [0.1, 0.15) is 40.5 Å². The number of hydrogen-bond acceptors (Lipinski definition) is 4. The molecule has 0 unspecified atom stereocenters. The molecule has 1 rings (SSSR count). The molecule has 0 aromatic carbocycles. The monoisotopic (exact) mass is 316 g/mol. The lowest BCUT2D eigenvalue weighted by Gasteiger charge is -2.30. The fraction of sp³-hybridized carbons (Fsp3) is 0.786. The van der Waals surface area contributed by atoms with Crippen LogP contribution in [-0.4, -0.2) is 41.6 Å². The lowest BCUT2D eigenvalue weighted by Crippen LogP contribution is -2.41. The Hall–Kier alpha value is -0.920. The second-order valence-electron chi connectivity index (χ2n) is 5.67. The van der Waals surface area contributed by atoms with Crippen LogP contribution in [0.25, 0.3) is 0 Å². The number of aromatic nitrogens is 2. The van der Waals surface area contributed by atoms with Crippen molar-refractivity contribution in [1.82, 2.24) is 14.1 Å². The van der Waals surface area contributed by atoms with Gasteiger partial charge in [0.2, 0.25) is 10.0 Å². The molecule has 1 aromatic heterocycles. The highest BCUT2D eigenvalue weighted by molar-refractivity contribution is 7.89. The van der Waals surface area contributed by atoms with E-state index in [1.54, 1.807) is 15.2 Å². The topological polar surface area (TPSA) is 81.2 Å². The minimum Gasteiger partial charge on any atom is -0.329 e. The van der Waals surface area contributed by atoms with Gasteiger partial charge in [0.1, 0.15) is 4.90 Å². The van der Waals surface area contributed by atoms with Gasteiger partial charge in [-0.1, -0.05) is 27.7 Å². The van der Waals surface area contributed by atoms with Crippen LogP contribution in [0.5, 0.6) is 0 Å². The summed E-state index contributed by atoms with van der Waals surface area (Å²) >= 11 is 0. The fourth-order valence-electron chi connectivity index (χ4n) is 2.37. The van der Waals surface area contributed by atoms with Crippen molar-refractivity contribution in [3.63, 3.8) is 0 Å². The highest BCUT2D eigenvalue weighted by Gasteiger charge is 2.31. The van der Waals surface area contributed by atoms with E-state index in [-0.39, 0.29) is 16.9 Å². The molecule has 7 heteroatoms. The summed E-state index contributed by atoms with van der Waals surface area (Å²) in [6, 6.07) is 0.0234. The number of nitrogens with two attached hydrogens (primary N) is 1. The molecule has 0 fully saturated rings. The van der Waals surface area contributed by atoms with Gasteiger partial charge in [0.15, 0.2) is 0 Å². The van der Waals surface area contributed by atoms with Crippen molar-refractivity contribution < 1.29 is 8.42 Å². The van der Waals surface area contributed by atoms with Crippen molar-refractivity contribution in [3.8, 4) is 0 Å². The van der Waals surface area contributed by atoms with Crippen LogP contribution in [0, 0.1) is 5.92 Å². The van der Waals surface area contributed by atoms with Crippen molar-refractivity contribution in [2.24, 2.45) is 11.7 Å². The number of hydrogen-bond donors (Lipinski definition) is 1. The molecule has 0 spiro atoms. The van der Waals surface area contributed by atoms with Crippen LogP contribution in [-0.2, 0) is 16.6 Å². The molecule has 2 N–H and O–H groups in total. The smallest absolute Gasteiger partial charge is 0.246 e. The number of sulfonamides is 1. The first-order chi connectivity index (χ1) is 9.86. The number of nitrogens with zero attached hydrogens (tertiary/aromatic N) is 3. The Morgan fingerprint density at radius 2 is 1.95 bits per heavy atom. The van der Waals surface area contributed by atoms with Gasteiger partial charge in [-0.3, -0.25) is 4.68 Å². The van der Waals surface area contributed by atoms with E-state index in [1.807, 2.05) is 27.7 Å². The summed E-state index contributed by atoms with van der Waals surface area (Å²) in [5.41, 5.74) is 5.48. The van der Waals surface area contributed by atoms with Gasteiger partial charge >= 0.3 is 0 Å². The minimum atomic E-state index is -3.51. The standard InChI is InChI=1S/C14H28N4O2S/c1-5-13(6-2)18(10-12(3)4)21(19,20)14-9-16-17(11-14)8-7-15/h9,11-13H,5-8,10,15H2,1-4H3. The molecule has 0 atom stereocenters. The average Bonchev–Trinajstić information content (AvgIpc) is 2.88. The van der Waals surface area contributed by atoms with Crippen LogP contribution < -0.4 is 5.73 Å². The first-order valence-electron chi connectivity index (χ1n) is 7.61. The molecule has 122 valence electrons. The zero-order chi connectivity index (χ0) is 16.0. The maximum Gasteiger partial charge on any atom is 0.246 e. The Morgan fingerprint density at radius 1 is 1.33 bits per heavy atom. The predicted octanol–water partition coefficient (Wildman–Crippen LogP) is 1.68. The van der Waals surface area contributed by atoms with E-state index in [2.05, 4.69) is 5.10 Å². The van der Waals surface area contributed by atoms with Gasteiger partial charge in [-0.15, -0.1) is 0 Å². The molecule has 1 heterocycles. The molecule has 0 saturated heterocycles. The van der Waals surface area contributed by atoms with Crippen LogP contribution in [0.3, 0.4) is 0 Å². The van der Waals surface area contributed by atoms with E-state index in [4.69, 9.17) is 5.73 Å². The third-order valence-corrected chi connectivity index (χ3v) is 5.34. The van der Waals surface area contributed by atoms with Crippen LogP contribution in [0.4, 0.5) is 0 Å². The van der Waals surface area contributed by atoms with Gasteiger partial charge in [-0.2, -0.15) is 9.40 Å². The van der Waals surface area contributed by atoms with Crippen LogP contribution >= 0.6 is 0 Å². The van der Waals surface area contributed by atoms with E-state index in [0.29, 0.717) is 19.6 Å². The summed E-state index contributed by atoms with van der Waals surface area (Å²) in [4.78, 5) is 0.253. The normalized spacial score (nSPS) is 12.8. The molecule has 0 aliphatic carbocycles. The van der Waals surface area contributed by atoms with Gasteiger partial charge in [-0.25, -0.2) is 8.42 Å². The Labute approximate surface area is 128 Å². The Bertz CT molecular complexity index is 521. The summed E-state index contributed by atoms with van der Waals surface area (Å²) in [5, 5.41) is 4.08. The highest BCUT2D eigenvalue weighted by atomic mass is 32.2. The Kier molecular flexibility index (Phi) is 6.83. The maximum absolute atomic E-state index is 12.9. The second kappa shape index (κ2) is 7.91. The molecular weight excluding hydrogens is 288 g/mol. The Morgan fingerprint density at radius 3 is 2.43 bits per heavy atom. The SMILES string of the molecule is CCC(CC)N(CC(C)C)S(=O)(=O)c1cnn(CCN)c1. The largest absolute Gasteiger partial charge is 0.329 e. The molecule has 6 nitrogen and oxygen atoms in total. The highest BCUT2D eigenvalue weighted by Crippen LogP contribution is 2.22. The second-order valence-corrected chi connectivity index (χ2v) is 7.56.